The quantitative estimate of drug-likeness (QED) is 0.802. The van der Waals surface area contributed by atoms with E-state index in [1.807, 2.05) is 16.8 Å². The first kappa shape index (κ1) is 14.7. The third-order valence-corrected chi connectivity index (χ3v) is 4.79. The molecule has 1 N–H and O–H groups in total. The average Bonchev–Trinajstić information content (AvgIpc) is 3.17. The summed E-state index contributed by atoms with van der Waals surface area (Å²) in [6.07, 6.45) is 1.67. The first-order valence-corrected chi connectivity index (χ1v) is 8.34. The van der Waals surface area contributed by atoms with E-state index in [0.717, 1.165) is 16.1 Å². The average molecular weight is 331 g/mol. The molecule has 0 saturated carbocycles. The lowest BCUT2D eigenvalue weighted by atomic mass is 10.2. The van der Waals surface area contributed by atoms with Gasteiger partial charge in [0.1, 0.15) is 16.4 Å². The van der Waals surface area contributed by atoms with Gasteiger partial charge in [-0.3, -0.25) is 9.59 Å². The summed E-state index contributed by atoms with van der Waals surface area (Å²) in [6, 6.07) is 3.75. The number of thiophene rings is 1. The summed E-state index contributed by atoms with van der Waals surface area (Å²) in [4.78, 5) is 28.7. The first-order chi connectivity index (χ1) is 10.6. The second-order valence-electron chi connectivity index (χ2n) is 4.79. The van der Waals surface area contributed by atoms with Crippen LogP contribution in [0.25, 0.3) is 10.6 Å². The molecule has 22 heavy (non-hydrogen) atoms. The van der Waals surface area contributed by atoms with Crippen molar-refractivity contribution in [1.29, 1.82) is 0 Å². The molecule has 1 amide bonds. The lowest BCUT2D eigenvalue weighted by Crippen LogP contribution is -2.25. The van der Waals surface area contributed by atoms with Gasteiger partial charge >= 0.3 is 0 Å². The minimum atomic E-state index is -0.371. The van der Waals surface area contributed by atoms with Crippen molar-refractivity contribution in [2.45, 2.75) is 6.92 Å². The third-order valence-electron chi connectivity index (χ3n) is 3.22. The maximum Gasteiger partial charge on any atom is 0.275 e. The zero-order valence-electron chi connectivity index (χ0n) is 12.0. The normalized spacial score (nSPS) is 10.6. The van der Waals surface area contributed by atoms with Crippen LogP contribution >= 0.6 is 22.7 Å². The van der Waals surface area contributed by atoms with Crippen molar-refractivity contribution >= 4 is 34.3 Å². The number of carbonyl (C=O) groups excluding carboxylic acids is 1. The highest BCUT2D eigenvalue weighted by atomic mass is 32.1. The van der Waals surface area contributed by atoms with Gasteiger partial charge in [0.25, 0.3) is 11.5 Å². The van der Waals surface area contributed by atoms with E-state index >= 15 is 0 Å². The monoisotopic (exact) mass is 331 g/mol. The maximum atomic E-state index is 12.3. The SMILES string of the molecule is Cc1ccn(C)c(=O)c1NC(=O)c1csc(-c2ccsc2)n1. The summed E-state index contributed by atoms with van der Waals surface area (Å²) >= 11 is 2.99. The predicted molar refractivity (Wildman–Crippen MR) is 89.8 cm³/mol. The molecule has 0 aliphatic heterocycles. The van der Waals surface area contributed by atoms with Crippen LogP contribution < -0.4 is 10.9 Å². The van der Waals surface area contributed by atoms with E-state index in [-0.39, 0.29) is 11.5 Å². The number of nitrogens with one attached hydrogen (secondary N) is 1. The summed E-state index contributed by atoms with van der Waals surface area (Å²) in [7, 11) is 1.65. The molecule has 0 aliphatic rings. The largest absolute Gasteiger partial charge is 0.317 e. The van der Waals surface area contributed by atoms with Gasteiger partial charge in [0, 0.05) is 29.6 Å². The van der Waals surface area contributed by atoms with Gasteiger partial charge in [-0.25, -0.2) is 4.98 Å². The summed E-state index contributed by atoms with van der Waals surface area (Å²) in [6.45, 7) is 1.79. The summed E-state index contributed by atoms with van der Waals surface area (Å²) in [5.41, 5.74) is 2.10. The number of pyridine rings is 1. The highest BCUT2D eigenvalue weighted by Crippen LogP contribution is 2.26. The predicted octanol–water partition coefficient (Wildman–Crippen LogP) is 3.13. The number of aryl methyl sites for hydroxylation is 2. The first-order valence-electron chi connectivity index (χ1n) is 6.52. The molecule has 7 heteroatoms. The van der Waals surface area contributed by atoms with E-state index in [1.54, 1.807) is 43.0 Å². The summed E-state index contributed by atoms with van der Waals surface area (Å²) < 4.78 is 1.43. The Hall–Kier alpha value is -2.25. The van der Waals surface area contributed by atoms with E-state index in [0.29, 0.717) is 11.4 Å². The van der Waals surface area contributed by atoms with Crippen molar-refractivity contribution in [3.63, 3.8) is 0 Å². The Labute approximate surface area is 134 Å². The van der Waals surface area contributed by atoms with E-state index < -0.39 is 0 Å². The molecule has 3 rings (SSSR count). The van der Waals surface area contributed by atoms with E-state index in [1.165, 1.54) is 15.9 Å². The van der Waals surface area contributed by atoms with Gasteiger partial charge in [-0.2, -0.15) is 11.3 Å². The number of hydrogen-bond acceptors (Lipinski definition) is 5. The molecular weight excluding hydrogens is 318 g/mol. The van der Waals surface area contributed by atoms with Gasteiger partial charge in [-0.15, -0.1) is 11.3 Å². The Morgan fingerprint density at radius 1 is 1.32 bits per heavy atom. The summed E-state index contributed by atoms with van der Waals surface area (Å²) in [5, 5.41) is 9.11. The van der Waals surface area contributed by atoms with Gasteiger partial charge in [0.05, 0.1) is 0 Å². The van der Waals surface area contributed by atoms with Gasteiger partial charge in [0.2, 0.25) is 0 Å². The Morgan fingerprint density at radius 3 is 2.86 bits per heavy atom. The van der Waals surface area contributed by atoms with Crippen molar-refractivity contribution in [3.8, 4) is 10.6 Å². The molecule has 112 valence electrons. The zero-order chi connectivity index (χ0) is 15.7. The number of thiazole rings is 1. The highest BCUT2D eigenvalue weighted by molar-refractivity contribution is 7.14. The number of amides is 1. The second-order valence-corrected chi connectivity index (χ2v) is 6.43. The highest BCUT2D eigenvalue weighted by Gasteiger charge is 2.15. The molecule has 0 aromatic carbocycles. The molecule has 0 atom stereocenters. The minimum absolute atomic E-state index is 0.235. The van der Waals surface area contributed by atoms with Crippen molar-refractivity contribution < 1.29 is 4.79 Å². The van der Waals surface area contributed by atoms with Crippen molar-refractivity contribution in [1.82, 2.24) is 9.55 Å². The van der Waals surface area contributed by atoms with Crippen LogP contribution in [0.2, 0.25) is 0 Å². The Bertz CT molecular complexity index is 879. The Balaban J connectivity index is 1.87. The molecule has 3 heterocycles. The third kappa shape index (κ3) is 2.72. The van der Waals surface area contributed by atoms with Gasteiger partial charge < -0.3 is 9.88 Å². The Morgan fingerprint density at radius 2 is 2.14 bits per heavy atom. The van der Waals surface area contributed by atoms with Crippen LogP contribution in [-0.4, -0.2) is 15.5 Å². The van der Waals surface area contributed by atoms with Gasteiger partial charge in [0.15, 0.2) is 0 Å². The number of hydrogen-bond donors (Lipinski definition) is 1. The van der Waals surface area contributed by atoms with E-state index in [9.17, 15) is 9.59 Å². The number of nitrogens with zero attached hydrogens (tertiary/aromatic N) is 2. The molecule has 5 nitrogen and oxygen atoms in total. The molecule has 0 spiro atoms. The van der Waals surface area contributed by atoms with Gasteiger partial charge in [-0.05, 0) is 30.0 Å². The van der Waals surface area contributed by atoms with E-state index in [2.05, 4.69) is 10.3 Å². The van der Waals surface area contributed by atoms with Crippen molar-refractivity contribution in [2.75, 3.05) is 5.32 Å². The summed E-state index contributed by atoms with van der Waals surface area (Å²) in [5.74, 6) is -0.371. The fourth-order valence-corrected chi connectivity index (χ4v) is 3.46. The van der Waals surface area contributed by atoms with Crippen LogP contribution in [0, 0.1) is 6.92 Å². The minimum Gasteiger partial charge on any atom is -0.317 e. The molecule has 0 saturated heterocycles. The van der Waals surface area contributed by atoms with Crippen LogP contribution in [0.5, 0.6) is 0 Å². The standard InChI is InChI=1S/C15H13N3O2S2/c1-9-3-5-18(2)15(20)12(9)17-13(19)11-8-22-14(16-11)10-4-6-21-7-10/h3-8H,1-2H3,(H,17,19). The van der Waals surface area contributed by atoms with Gasteiger partial charge in [-0.1, -0.05) is 0 Å². The van der Waals surface area contributed by atoms with Crippen LogP contribution in [0.4, 0.5) is 5.69 Å². The van der Waals surface area contributed by atoms with Crippen molar-refractivity contribution in [2.24, 2.45) is 7.05 Å². The molecule has 0 bridgehead atoms. The fraction of sp³-hybridized carbons (Fsp3) is 0.133. The topological polar surface area (TPSA) is 64.0 Å². The maximum absolute atomic E-state index is 12.3. The zero-order valence-corrected chi connectivity index (χ0v) is 13.6. The molecule has 0 radical (unpaired) electrons. The van der Waals surface area contributed by atoms with Crippen LogP contribution in [0.15, 0.2) is 39.3 Å². The lowest BCUT2D eigenvalue weighted by Gasteiger charge is -2.07. The fourth-order valence-electron chi connectivity index (χ4n) is 1.95. The van der Waals surface area contributed by atoms with E-state index in [4.69, 9.17) is 0 Å². The molecule has 0 aliphatic carbocycles. The molecular formula is C15H13N3O2S2. The smallest absolute Gasteiger partial charge is 0.275 e. The van der Waals surface area contributed by atoms with Crippen LogP contribution in [0.1, 0.15) is 16.1 Å². The molecule has 0 fully saturated rings. The second kappa shape index (κ2) is 5.86. The van der Waals surface area contributed by atoms with Crippen LogP contribution in [-0.2, 0) is 7.05 Å². The number of anilines is 1. The Kier molecular flexibility index (Phi) is 3.91. The molecule has 0 unspecified atom stereocenters. The van der Waals surface area contributed by atoms with Crippen molar-refractivity contribution in [3.05, 3.63) is 56.1 Å². The lowest BCUT2D eigenvalue weighted by molar-refractivity contribution is 0.102. The molecule has 3 aromatic heterocycles. The number of aromatic nitrogens is 2. The number of rotatable bonds is 3. The number of carbonyl (C=O) groups is 1. The van der Waals surface area contributed by atoms with Crippen LogP contribution in [0.3, 0.4) is 0 Å². The molecule has 3 aromatic rings.